The van der Waals surface area contributed by atoms with Crippen LogP contribution in [-0.2, 0) is 0 Å². The van der Waals surface area contributed by atoms with Crippen molar-refractivity contribution < 1.29 is 32.9 Å². The summed E-state index contributed by atoms with van der Waals surface area (Å²) in [5, 5.41) is 8.79. The van der Waals surface area contributed by atoms with Crippen LogP contribution in [0, 0.1) is 0 Å². The van der Waals surface area contributed by atoms with Gasteiger partial charge in [-0.25, -0.2) is 4.79 Å². The molecule has 1 aromatic carbocycles. The van der Waals surface area contributed by atoms with Crippen LogP contribution in [0.3, 0.4) is 0 Å². The van der Waals surface area contributed by atoms with Gasteiger partial charge in [0, 0.05) is 0 Å². The fraction of sp³-hybridized carbons (Fsp3) is 0.300. The summed E-state index contributed by atoms with van der Waals surface area (Å²) in [6.07, 6.45) is 0. The Labute approximate surface area is 95.5 Å². The van der Waals surface area contributed by atoms with Crippen LogP contribution in [0.25, 0.3) is 0 Å². The van der Waals surface area contributed by atoms with Crippen LogP contribution in [-0.4, -0.2) is 31.9 Å². The minimum absolute atomic E-state index is 0.00282. The number of benzene rings is 1. The van der Waals surface area contributed by atoms with Crippen LogP contribution < -0.4 is 14.2 Å². The van der Waals surface area contributed by atoms with E-state index in [4.69, 9.17) is 14.6 Å². The summed E-state index contributed by atoms with van der Waals surface area (Å²) >= 11 is 0. The van der Waals surface area contributed by atoms with Crippen molar-refractivity contribution in [2.75, 3.05) is 14.2 Å². The zero-order valence-corrected chi connectivity index (χ0v) is 9.07. The Bertz CT molecular complexity index is 419. The maximum atomic E-state index is 12.1. The lowest BCUT2D eigenvalue weighted by atomic mass is 10.2. The summed E-state index contributed by atoms with van der Waals surface area (Å²) in [5.41, 5.74) is -0.238. The highest BCUT2D eigenvalue weighted by Gasteiger charge is 2.19. The van der Waals surface area contributed by atoms with E-state index in [2.05, 4.69) is 4.74 Å². The Hall–Kier alpha value is -2.05. The highest BCUT2D eigenvalue weighted by Crippen LogP contribution is 2.39. The molecule has 7 heteroatoms. The molecule has 1 aromatic rings. The summed E-state index contributed by atoms with van der Waals surface area (Å²) in [7, 11) is 2.49. The van der Waals surface area contributed by atoms with Crippen molar-refractivity contribution in [1.82, 2.24) is 0 Å². The SMILES string of the molecule is COc1cc(C(=O)O)cc(OC(F)F)c1OC. The molecule has 1 N–H and O–H groups in total. The number of aromatic carboxylic acids is 1. The van der Waals surface area contributed by atoms with Crippen LogP contribution in [0.4, 0.5) is 8.78 Å². The van der Waals surface area contributed by atoms with E-state index in [1.165, 1.54) is 14.2 Å². The molecule has 94 valence electrons. The van der Waals surface area contributed by atoms with Gasteiger partial charge in [-0.1, -0.05) is 0 Å². The number of carboxylic acids is 1. The number of hydrogen-bond acceptors (Lipinski definition) is 4. The molecule has 0 aliphatic rings. The molecule has 5 nitrogen and oxygen atoms in total. The summed E-state index contributed by atoms with van der Waals surface area (Å²) in [4.78, 5) is 10.8. The summed E-state index contributed by atoms with van der Waals surface area (Å²) in [6, 6.07) is 2.09. The molecule has 0 radical (unpaired) electrons. The molecule has 0 saturated heterocycles. The minimum atomic E-state index is -3.09. The molecule has 0 fully saturated rings. The zero-order valence-electron chi connectivity index (χ0n) is 9.07. The van der Waals surface area contributed by atoms with E-state index in [0.29, 0.717) is 0 Å². The lowest BCUT2D eigenvalue weighted by molar-refractivity contribution is -0.0514. The van der Waals surface area contributed by atoms with Crippen molar-refractivity contribution >= 4 is 5.97 Å². The van der Waals surface area contributed by atoms with E-state index in [1.54, 1.807) is 0 Å². The normalized spacial score (nSPS) is 10.2. The minimum Gasteiger partial charge on any atom is -0.493 e. The molecule has 0 unspecified atom stereocenters. The number of hydrogen-bond donors (Lipinski definition) is 1. The first kappa shape index (κ1) is 13.0. The predicted octanol–water partition coefficient (Wildman–Crippen LogP) is 2.00. The van der Waals surface area contributed by atoms with Gasteiger partial charge in [-0.3, -0.25) is 0 Å². The number of ether oxygens (including phenoxy) is 3. The van der Waals surface area contributed by atoms with Gasteiger partial charge in [0.2, 0.25) is 5.75 Å². The van der Waals surface area contributed by atoms with Crippen molar-refractivity contribution in [3.05, 3.63) is 17.7 Å². The van der Waals surface area contributed by atoms with Gasteiger partial charge in [0.05, 0.1) is 19.8 Å². The molecule has 0 aromatic heterocycles. The third-order valence-electron chi connectivity index (χ3n) is 1.91. The molecule has 0 bridgehead atoms. The number of halogens is 2. The van der Waals surface area contributed by atoms with E-state index in [0.717, 1.165) is 12.1 Å². The molecule has 0 aliphatic heterocycles. The Morgan fingerprint density at radius 1 is 1.24 bits per heavy atom. The monoisotopic (exact) mass is 248 g/mol. The second-order valence-corrected chi connectivity index (χ2v) is 2.89. The summed E-state index contributed by atoms with van der Waals surface area (Å²) < 4.78 is 38.1. The second-order valence-electron chi connectivity index (χ2n) is 2.89. The first-order chi connectivity index (χ1) is 7.99. The first-order valence-corrected chi connectivity index (χ1v) is 4.43. The smallest absolute Gasteiger partial charge is 0.387 e. The topological polar surface area (TPSA) is 65.0 Å². The van der Waals surface area contributed by atoms with Crippen molar-refractivity contribution in [3.8, 4) is 17.2 Å². The number of rotatable bonds is 5. The molecule has 0 atom stereocenters. The molecular weight excluding hydrogens is 238 g/mol. The van der Waals surface area contributed by atoms with E-state index >= 15 is 0 Å². The number of alkyl halides is 2. The highest BCUT2D eigenvalue weighted by molar-refractivity contribution is 5.89. The van der Waals surface area contributed by atoms with Gasteiger partial charge in [0.25, 0.3) is 0 Å². The Kier molecular flexibility index (Phi) is 4.08. The maximum Gasteiger partial charge on any atom is 0.387 e. The predicted molar refractivity (Wildman–Crippen MR) is 53.1 cm³/mol. The van der Waals surface area contributed by atoms with Crippen LogP contribution >= 0.6 is 0 Å². The second kappa shape index (κ2) is 5.33. The average Bonchev–Trinajstić information content (AvgIpc) is 2.26. The van der Waals surface area contributed by atoms with Gasteiger partial charge in [0.15, 0.2) is 11.5 Å². The van der Waals surface area contributed by atoms with Crippen LogP contribution in [0.1, 0.15) is 10.4 Å². The quantitative estimate of drug-likeness (QED) is 0.863. The third kappa shape index (κ3) is 2.96. The molecule has 0 aliphatic carbocycles. The van der Waals surface area contributed by atoms with E-state index in [9.17, 15) is 13.6 Å². The van der Waals surface area contributed by atoms with Gasteiger partial charge in [0.1, 0.15) is 0 Å². The molecular formula is C10H10F2O5. The van der Waals surface area contributed by atoms with Gasteiger partial charge in [-0.05, 0) is 12.1 Å². The molecule has 0 amide bonds. The van der Waals surface area contributed by atoms with Crippen molar-refractivity contribution in [2.45, 2.75) is 6.61 Å². The lowest BCUT2D eigenvalue weighted by Gasteiger charge is -2.14. The fourth-order valence-corrected chi connectivity index (χ4v) is 1.24. The van der Waals surface area contributed by atoms with Crippen molar-refractivity contribution in [1.29, 1.82) is 0 Å². The van der Waals surface area contributed by atoms with Crippen molar-refractivity contribution in [2.24, 2.45) is 0 Å². The van der Waals surface area contributed by atoms with E-state index in [-0.39, 0.29) is 22.8 Å². The first-order valence-electron chi connectivity index (χ1n) is 4.43. The van der Waals surface area contributed by atoms with Crippen LogP contribution in [0.5, 0.6) is 17.2 Å². The number of methoxy groups -OCH3 is 2. The lowest BCUT2D eigenvalue weighted by Crippen LogP contribution is -2.06. The van der Waals surface area contributed by atoms with E-state index < -0.39 is 12.6 Å². The Morgan fingerprint density at radius 3 is 2.24 bits per heavy atom. The molecule has 17 heavy (non-hydrogen) atoms. The molecule has 0 spiro atoms. The Balaban J connectivity index is 3.31. The summed E-state index contributed by atoms with van der Waals surface area (Å²) in [6.45, 7) is -3.09. The average molecular weight is 248 g/mol. The summed E-state index contributed by atoms with van der Waals surface area (Å²) in [5.74, 6) is -1.76. The maximum absolute atomic E-state index is 12.1. The molecule has 1 rings (SSSR count). The van der Waals surface area contributed by atoms with Crippen molar-refractivity contribution in [3.63, 3.8) is 0 Å². The van der Waals surface area contributed by atoms with Crippen LogP contribution in [0.2, 0.25) is 0 Å². The standard InChI is InChI=1S/C10H10F2O5/c1-15-6-3-5(9(13)14)4-7(8(6)16-2)17-10(11)12/h3-4,10H,1-2H3,(H,13,14). The third-order valence-corrected chi connectivity index (χ3v) is 1.91. The fourth-order valence-electron chi connectivity index (χ4n) is 1.24. The van der Waals surface area contributed by atoms with Gasteiger partial charge >= 0.3 is 12.6 Å². The van der Waals surface area contributed by atoms with E-state index in [1.807, 2.05) is 0 Å². The van der Waals surface area contributed by atoms with Crippen LogP contribution in [0.15, 0.2) is 12.1 Å². The molecule has 0 heterocycles. The Morgan fingerprint density at radius 2 is 1.82 bits per heavy atom. The van der Waals surface area contributed by atoms with Gasteiger partial charge < -0.3 is 19.3 Å². The number of carbonyl (C=O) groups is 1. The molecule has 0 saturated carbocycles. The van der Waals surface area contributed by atoms with Gasteiger partial charge in [-0.15, -0.1) is 0 Å². The largest absolute Gasteiger partial charge is 0.493 e. The number of carboxylic acid groups (broad SMARTS) is 1. The zero-order chi connectivity index (χ0) is 13.0. The van der Waals surface area contributed by atoms with Gasteiger partial charge in [-0.2, -0.15) is 8.78 Å². The highest BCUT2D eigenvalue weighted by atomic mass is 19.3.